The largest absolute Gasteiger partial charge is 0.396 e. The molecule has 1 aromatic heterocycles. The number of fused-ring (bicyclic) bond motifs is 4. The van der Waals surface area contributed by atoms with E-state index in [1.807, 2.05) is 6.07 Å². The van der Waals surface area contributed by atoms with E-state index in [0.717, 1.165) is 0 Å². The third kappa shape index (κ3) is 3.56. The molecule has 8 heteroatoms. The number of halogens is 1. The van der Waals surface area contributed by atoms with Crippen LogP contribution in [0.3, 0.4) is 0 Å². The Kier molecular flexibility index (Phi) is 5.76. The number of carbonyl (C=O) groups excluding carboxylic acids is 2. The highest BCUT2D eigenvalue weighted by atomic mass is 19.1. The van der Waals surface area contributed by atoms with Gasteiger partial charge >= 0.3 is 0 Å². The van der Waals surface area contributed by atoms with Gasteiger partial charge in [0, 0.05) is 50.0 Å². The van der Waals surface area contributed by atoms with Gasteiger partial charge in [0.05, 0.1) is 23.6 Å². The Morgan fingerprint density at radius 3 is 2.34 bits per heavy atom. The van der Waals surface area contributed by atoms with Crippen molar-refractivity contribution in [2.24, 2.45) is 11.8 Å². The first-order valence-corrected chi connectivity index (χ1v) is 11.5. The van der Waals surface area contributed by atoms with Crippen LogP contribution in [0.15, 0.2) is 71.5 Å². The van der Waals surface area contributed by atoms with E-state index in [0.29, 0.717) is 11.3 Å². The molecule has 0 saturated carbocycles. The van der Waals surface area contributed by atoms with Crippen molar-refractivity contribution in [3.05, 3.63) is 94.2 Å². The van der Waals surface area contributed by atoms with Crippen LogP contribution in [0, 0.1) is 17.7 Å². The topological polar surface area (TPSA) is 82.8 Å². The fraction of sp³-hybridized carbons (Fsp3) is 0.296. The van der Waals surface area contributed by atoms with Crippen LogP contribution in [0.4, 0.5) is 4.39 Å². The number of hydrogen-bond donors (Lipinski definition) is 1. The molecule has 1 fully saturated rings. The minimum Gasteiger partial charge on any atom is -0.396 e. The average Bonchev–Trinajstić information content (AvgIpc) is 3.10. The lowest BCUT2D eigenvalue weighted by molar-refractivity contribution is -0.135. The summed E-state index contributed by atoms with van der Waals surface area (Å²) in [4.78, 5) is 43.7. The van der Waals surface area contributed by atoms with Gasteiger partial charge in [0.15, 0.2) is 0 Å². The number of rotatable bonds is 4. The van der Waals surface area contributed by atoms with Crippen molar-refractivity contribution in [3.8, 4) is 11.1 Å². The molecule has 0 aliphatic carbocycles. The minimum absolute atomic E-state index is 0.105. The Morgan fingerprint density at radius 1 is 1.00 bits per heavy atom. The number of pyridine rings is 1. The number of carbonyl (C=O) groups is 2. The van der Waals surface area contributed by atoms with Gasteiger partial charge in [-0.2, -0.15) is 0 Å². The summed E-state index contributed by atoms with van der Waals surface area (Å²) in [6, 6.07) is 16.8. The van der Waals surface area contributed by atoms with Crippen LogP contribution in [-0.2, 0) is 11.3 Å². The van der Waals surface area contributed by atoms with Crippen molar-refractivity contribution < 1.29 is 19.1 Å². The zero-order valence-electron chi connectivity index (χ0n) is 19.5. The van der Waals surface area contributed by atoms with E-state index in [2.05, 4.69) is 0 Å². The highest BCUT2D eigenvalue weighted by Crippen LogP contribution is 2.49. The Bertz CT molecular complexity index is 1350. The number of hydrogen-bond acceptors (Lipinski definition) is 4. The Labute approximate surface area is 202 Å². The molecule has 0 radical (unpaired) electrons. The molecule has 2 amide bonds. The predicted molar refractivity (Wildman–Crippen MR) is 128 cm³/mol. The molecule has 5 rings (SSSR count). The van der Waals surface area contributed by atoms with Crippen LogP contribution < -0.4 is 5.56 Å². The summed E-state index contributed by atoms with van der Waals surface area (Å²) in [6.07, 6.45) is 0. The van der Waals surface area contributed by atoms with E-state index in [4.69, 9.17) is 0 Å². The first kappa shape index (κ1) is 23.0. The van der Waals surface area contributed by atoms with Gasteiger partial charge in [-0.25, -0.2) is 4.39 Å². The first-order valence-electron chi connectivity index (χ1n) is 11.5. The van der Waals surface area contributed by atoms with E-state index in [1.54, 1.807) is 73.6 Å². The highest BCUT2D eigenvalue weighted by Gasteiger charge is 2.57. The maximum absolute atomic E-state index is 14.5. The highest BCUT2D eigenvalue weighted by molar-refractivity contribution is 5.96. The third-order valence-electron chi connectivity index (χ3n) is 7.19. The maximum atomic E-state index is 14.5. The summed E-state index contributed by atoms with van der Waals surface area (Å²) in [6.45, 7) is -0.207. The number of aromatic nitrogens is 1. The monoisotopic (exact) mass is 475 g/mol. The van der Waals surface area contributed by atoms with Crippen LogP contribution in [0.5, 0.6) is 0 Å². The number of aliphatic hydroxyl groups is 1. The molecule has 2 bridgehead atoms. The van der Waals surface area contributed by atoms with Crippen molar-refractivity contribution in [2.45, 2.75) is 18.6 Å². The summed E-state index contributed by atoms with van der Waals surface area (Å²) in [5.74, 6) is -2.26. The van der Waals surface area contributed by atoms with Crippen LogP contribution >= 0.6 is 0 Å². The number of nitrogens with zero attached hydrogens (tertiary/aromatic N) is 3. The lowest BCUT2D eigenvalue weighted by Gasteiger charge is -2.38. The van der Waals surface area contributed by atoms with Gasteiger partial charge in [-0.1, -0.05) is 36.4 Å². The standard InChI is InChI=1S/C27H26FN3O4/c1-29(2)27(35)23-19(15-32)22-14-30-21(24(23)31(22)25(33)16-8-4-3-5-9-16)13-12-18(26(30)34)17-10-6-7-11-20(17)28/h3-13,19,22-24,32H,14-15H2,1-2H3/t19-,22-,23+,24+/m0/s1. The molecule has 180 valence electrons. The van der Waals surface area contributed by atoms with E-state index in [1.165, 1.54) is 15.5 Å². The van der Waals surface area contributed by atoms with Gasteiger partial charge in [-0.3, -0.25) is 14.4 Å². The lowest BCUT2D eigenvalue weighted by Crippen LogP contribution is -2.49. The van der Waals surface area contributed by atoms with Crippen LogP contribution in [0.25, 0.3) is 11.1 Å². The summed E-state index contributed by atoms with van der Waals surface area (Å²) in [7, 11) is 3.27. The first-order chi connectivity index (χ1) is 16.8. The van der Waals surface area contributed by atoms with Crippen LogP contribution in [0.2, 0.25) is 0 Å². The normalized spacial score (nSPS) is 22.6. The van der Waals surface area contributed by atoms with E-state index >= 15 is 0 Å². The number of benzene rings is 2. The molecule has 2 aliphatic heterocycles. The smallest absolute Gasteiger partial charge is 0.258 e. The van der Waals surface area contributed by atoms with Gasteiger partial charge in [0.2, 0.25) is 5.91 Å². The fourth-order valence-corrected chi connectivity index (χ4v) is 5.58. The molecule has 3 heterocycles. The van der Waals surface area contributed by atoms with Crippen molar-refractivity contribution in [1.29, 1.82) is 0 Å². The second-order valence-corrected chi connectivity index (χ2v) is 9.26. The third-order valence-corrected chi connectivity index (χ3v) is 7.19. The molecule has 4 atom stereocenters. The van der Waals surface area contributed by atoms with E-state index in [9.17, 15) is 23.9 Å². The quantitative estimate of drug-likeness (QED) is 0.629. The second kappa shape index (κ2) is 8.78. The van der Waals surface area contributed by atoms with Crippen LogP contribution in [0.1, 0.15) is 22.1 Å². The summed E-state index contributed by atoms with van der Waals surface area (Å²) in [5, 5.41) is 10.4. The lowest BCUT2D eigenvalue weighted by atomic mass is 9.86. The molecular weight excluding hydrogens is 449 g/mol. The van der Waals surface area contributed by atoms with E-state index < -0.39 is 29.7 Å². The van der Waals surface area contributed by atoms with Crippen molar-refractivity contribution in [3.63, 3.8) is 0 Å². The molecule has 2 aliphatic rings. The van der Waals surface area contributed by atoms with Gasteiger partial charge in [0.1, 0.15) is 5.82 Å². The van der Waals surface area contributed by atoms with Crippen LogP contribution in [-0.4, -0.2) is 58.0 Å². The molecule has 2 aromatic carbocycles. The molecule has 0 unspecified atom stereocenters. The SMILES string of the molecule is CN(C)C(=O)[C@@H]1[C@@H](CO)[C@@H]2Cn3c(ccc(-c4ccccc4F)c3=O)[C@H]1N2C(=O)c1ccccc1. The molecule has 1 N–H and O–H groups in total. The molecule has 35 heavy (non-hydrogen) atoms. The average molecular weight is 476 g/mol. The Morgan fingerprint density at radius 2 is 1.69 bits per heavy atom. The molecular formula is C27H26FN3O4. The molecule has 0 spiro atoms. The van der Waals surface area contributed by atoms with Gasteiger partial charge < -0.3 is 19.5 Å². The Hall–Kier alpha value is -3.78. The summed E-state index contributed by atoms with van der Waals surface area (Å²) >= 11 is 0. The van der Waals surface area contributed by atoms with Crippen molar-refractivity contribution >= 4 is 11.8 Å². The van der Waals surface area contributed by atoms with Crippen molar-refractivity contribution in [1.82, 2.24) is 14.4 Å². The zero-order valence-corrected chi connectivity index (χ0v) is 19.5. The fourth-order valence-electron chi connectivity index (χ4n) is 5.58. The van der Waals surface area contributed by atoms with Gasteiger partial charge in [-0.15, -0.1) is 0 Å². The second-order valence-electron chi connectivity index (χ2n) is 9.26. The van der Waals surface area contributed by atoms with Gasteiger partial charge in [-0.05, 0) is 30.3 Å². The number of aliphatic hydroxyl groups excluding tert-OH is 1. The maximum Gasteiger partial charge on any atom is 0.258 e. The predicted octanol–water partition coefficient (Wildman–Crippen LogP) is 2.55. The minimum atomic E-state index is -0.740. The van der Waals surface area contributed by atoms with E-state index in [-0.39, 0.29) is 41.7 Å². The molecule has 7 nitrogen and oxygen atoms in total. The summed E-state index contributed by atoms with van der Waals surface area (Å²) < 4.78 is 16.0. The van der Waals surface area contributed by atoms with Crippen molar-refractivity contribution in [2.75, 3.05) is 20.7 Å². The molecule has 1 saturated heterocycles. The zero-order chi connectivity index (χ0) is 24.9. The molecule has 3 aromatic rings. The summed E-state index contributed by atoms with van der Waals surface area (Å²) in [5.41, 5.74) is 0.999. The Balaban J connectivity index is 1.69. The van der Waals surface area contributed by atoms with Gasteiger partial charge in [0.25, 0.3) is 11.5 Å². The number of amides is 2.